The average molecular weight is 525 g/mol. The molecule has 1 atom stereocenters. The molecule has 0 fully saturated rings. The highest BCUT2D eigenvalue weighted by Gasteiger charge is 2.27. The van der Waals surface area contributed by atoms with E-state index in [-0.39, 0.29) is 18.2 Å². The Labute approximate surface area is 229 Å². The van der Waals surface area contributed by atoms with Crippen LogP contribution in [0, 0.1) is 6.92 Å². The second-order valence-electron chi connectivity index (χ2n) is 10.4. The topological polar surface area (TPSA) is 88.3 Å². The smallest absolute Gasteiger partial charge is 0.304 e. The summed E-state index contributed by atoms with van der Waals surface area (Å²) in [5, 5.41) is 18.5. The lowest BCUT2D eigenvalue weighted by Gasteiger charge is -2.31. The number of amides is 1. The van der Waals surface area contributed by atoms with Crippen molar-refractivity contribution >= 4 is 22.9 Å². The third-order valence-corrected chi connectivity index (χ3v) is 8.18. The Balaban J connectivity index is 1.50. The summed E-state index contributed by atoms with van der Waals surface area (Å²) in [6, 6.07) is 16.4. The quantitative estimate of drug-likeness (QED) is 0.320. The number of benzene rings is 3. The van der Waals surface area contributed by atoms with E-state index in [0.717, 1.165) is 75.8 Å². The van der Waals surface area contributed by atoms with Gasteiger partial charge in [0.15, 0.2) is 0 Å². The van der Waals surface area contributed by atoms with Crippen LogP contribution in [-0.2, 0) is 37.1 Å². The Hall–Kier alpha value is -4.00. The van der Waals surface area contributed by atoms with Gasteiger partial charge in [-0.1, -0.05) is 61.5 Å². The fourth-order valence-corrected chi connectivity index (χ4v) is 6.02. The van der Waals surface area contributed by atoms with E-state index in [2.05, 4.69) is 54.5 Å². The van der Waals surface area contributed by atoms with Crippen LogP contribution >= 0.6 is 0 Å². The minimum Gasteiger partial charge on any atom is -0.481 e. The molecule has 2 heterocycles. The first kappa shape index (κ1) is 26.6. The Morgan fingerprint density at radius 1 is 1.00 bits per heavy atom. The molecule has 7 nitrogen and oxygen atoms in total. The number of fused-ring (bicyclic) bond motifs is 2. The van der Waals surface area contributed by atoms with Crippen molar-refractivity contribution in [1.29, 1.82) is 0 Å². The first-order chi connectivity index (χ1) is 18.9. The maximum atomic E-state index is 13.8. The summed E-state index contributed by atoms with van der Waals surface area (Å²) in [4.78, 5) is 27.7. The van der Waals surface area contributed by atoms with Crippen LogP contribution in [0.25, 0.3) is 11.0 Å². The second kappa shape index (κ2) is 11.0. The number of aromatic nitrogens is 3. The predicted molar refractivity (Wildman–Crippen MR) is 152 cm³/mol. The molecular formula is C32H36N4O3. The Morgan fingerprint density at radius 2 is 1.74 bits per heavy atom. The lowest BCUT2D eigenvalue weighted by atomic mass is 9.83. The number of nitrogens with zero attached hydrogens (tertiary/aromatic N) is 4. The van der Waals surface area contributed by atoms with Crippen molar-refractivity contribution in [3.8, 4) is 0 Å². The molecule has 5 rings (SSSR count). The van der Waals surface area contributed by atoms with Gasteiger partial charge in [-0.15, -0.1) is 5.10 Å². The lowest BCUT2D eigenvalue weighted by molar-refractivity contribution is -0.137. The molecule has 0 bridgehead atoms. The van der Waals surface area contributed by atoms with E-state index in [9.17, 15) is 14.7 Å². The predicted octanol–water partition coefficient (Wildman–Crippen LogP) is 5.69. The van der Waals surface area contributed by atoms with Gasteiger partial charge in [0, 0.05) is 31.1 Å². The molecule has 4 aromatic rings. The molecule has 0 aliphatic carbocycles. The van der Waals surface area contributed by atoms with Crippen LogP contribution in [0.2, 0.25) is 0 Å². The van der Waals surface area contributed by atoms with E-state index in [1.165, 1.54) is 5.56 Å². The Morgan fingerprint density at radius 3 is 2.41 bits per heavy atom. The molecule has 1 aromatic heterocycles. The van der Waals surface area contributed by atoms with Gasteiger partial charge in [-0.25, -0.2) is 4.68 Å². The van der Waals surface area contributed by atoms with E-state index < -0.39 is 5.97 Å². The molecule has 0 radical (unpaired) electrons. The van der Waals surface area contributed by atoms with Crippen LogP contribution in [0.4, 0.5) is 0 Å². The SMILES string of the molecule is CCc1cccc(CC)c1C(=O)N1CCc2ccc([C@H](CC(=O)O)c3ccc4c(nnn4CC)c3C)cc2C1. The molecule has 0 saturated heterocycles. The minimum atomic E-state index is -0.852. The highest BCUT2D eigenvalue weighted by Crippen LogP contribution is 2.35. The number of hydrogen-bond donors (Lipinski definition) is 1. The summed E-state index contributed by atoms with van der Waals surface area (Å²) in [7, 11) is 0. The highest BCUT2D eigenvalue weighted by atomic mass is 16.4. The van der Waals surface area contributed by atoms with Crippen LogP contribution < -0.4 is 0 Å². The molecule has 1 N–H and O–H groups in total. The van der Waals surface area contributed by atoms with Gasteiger partial charge in [0.05, 0.1) is 11.9 Å². The summed E-state index contributed by atoms with van der Waals surface area (Å²) >= 11 is 0. The van der Waals surface area contributed by atoms with Crippen molar-refractivity contribution in [2.45, 2.75) is 72.4 Å². The fraction of sp³-hybridized carbons (Fsp3) is 0.375. The van der Waals surface area contributed by atoms with Crippen molar-refractivity contribution in [3.63, 3.8) is 0 Å². The van der Waals surface area contributed by atoms with Crippen molar-refractivity contribution in [2.24, 2.45) is 0 Å². The maximum absolute atomic E-state index is 13.8. The number of hydrogen-bond acceptors (Lipinski definition) is 4. The molecule has 39 heavy (non-hydrogen) atoms. The summed E-state index contributed by atoms with van der Waals surface area (Å²) in [6.07, 6.45) is 2.39. The third-order valence-electron chi connectivity index (χ3n) is 8.18. The number of carboxylic acids is 1. The van der Waals surface area contributed by atoms with E-state index in [1.54, 1.807) is 0 Å². The molecule has 0 spiro atoms. The number of aliphatic carboxylic acids is 1. The molecule has 1 aliphatic rings. The van der Waals surface area contributed by atoms with E-state index in [4.69, 9.17) is 0 Å². The Kier molecular flexibility index (Phi) is 7.51. The largest absolute Gasteiger partial charge is 0.481 e. The van der Waals surface area contributed by atoms with Crippen LogP contribution in [-0.4, -0.2) is 43.4 Å². The fourth-order valence-electron chi connectivity index (χ4n) is 6.02. The summed E-state index contributed by atoms with van der Waals surface area (Å²) in [6.45, 7) is 10.1. The highest BCUT2D eigenvalue weighted by molar-refractivity contribution is 5.97. The zero-order valence-electron chi connectivity index (χ0n) is 23.2. The maximum Gasteiger partial charge on any atom is 0.304 e. The third kappa shape index (κ3) is 4.93. The zero-order chi connectivity index (χ0) is 27.7. The van der Waals surface area contributed by atoms with Crippen molar-refractivity contribution in [2.75, 3.05) is 6.54 Å². The monoisotopic (exact) mass is 524 g/mol. The van der Waals surface area contributed by atoms with Gasteiger partial charge in [0.2, 0.25) is 0 Å². The van der Waals surface area contributed by atoms with Crippen LogP contribution in [0.1, 0.15) is 82.4 Å². The minimum absolute atomic E-state index is 0.0283. The van der Waals surface area contributed by atoms with Crippen LogP contribution in [0.5, 0.6) is 0 Å². The number of aryl methyl sites for hydroxylation is 4. The molecule has 1 amide bonds. The summed E-state index contributed by atoms with van der Waals surface area (Å²) in [5.41, 5.74) is 9.93. The first-order valence-corrected chi connectivity index (χ1v) is 13.9. The number of rotatable bonds is 8. The van der Waals surface area contributed by atoms with Gasteiger partial charge in [-0.2, -0.15) is 0 Å². The van der Waals surface area contributed by atoms with E-state index >= 15 is 0 Å². The van der Waals surface area contributed by atoms with Crippen LogP contribution in [0.3, 0.4) is 0 Å². The second-order valence-corrected chi connectivity index (χ2v) is 10.4. The molecule has 0 saturated carbocycles. The van der Waals surface area contributed by atoms with Crippen molar-refractivity contribution < 1.29 is 14.7 Å². The van der Waals surface area contributed by atoms with Gasteiger partial charge in [0.1, 0.15) is 5.52 Å². The molecule has 7 heteroatoms. The van der Waals surface area contributed by atoms with Crippen molar-refractivity contribution in [3.05, 3.63) is 93.0 Å². The van der Waals surface area contributed by atoms with Crippen LogP contribution in [0.15, 0.2) is 48.5 Å². The van der Waals surface area contributed by atoms with E-state index in [0.29, 0.717) is 13.1 Å². The van der Waals surface area contributed by atoms with Gasteiger partial charge < -0.3 is 10.0 Å². The summed E-state index contributed by atoms with van der Waals surface area (Å²) in [5.74, 6) is -1.10. The normalized spacial score (nSPS) is 13.9. The molecule has 202 valence electrons. The first-order valence-electron chi connectivity index (χ1n) is 13.9. The lowest BCUT2D eigenvalue weighted by Crippen LogP contribution is -2.37. The van der Waals surface area contributed by atoms with Gasteiger partial charge in [-0.3, -0.25) is 9.59 Å². The molecule has 0 unspecified atom stereocenters. The molecule has 1 aliphatic heterocycles. The number of carbonyl (C=O) groups is 2. The summed E-state index contributed by atoms with van der Waals surface area (Å²) < 4.78 is 1.85. The molecule has 3 aromatic carbocycles. The van der Waals surface area contributed by atoms with Gasteiger partial charge in [-0.05, 0) is 78.1 Å². The Bertz CT molecular complexity index is 1530. The number of carbonyl (C=O) groups excluding carboxylic acids is 1. The van der Waals surface area contributed by atoms with Gasteiger partial charge >= 0.3 is 5.97 Å². The average Bonchev–Trinajstić information content (AvgIpc) is 3.39. The van der Waals surface area contributed by atoms with Crippen molar-refractivity contribution in [1.82, 2.24) is 19.9 Å². The van der Waals surface area contributed by atoms with Gasteiger partial charge in [0.25, 0.3) is 5.91 Å². The molecular weight excluding hydrogens is 488 g/mol. The van der Waals surface area contributed by atoms with E-state index in [1.807, 2.05) is 41.6 Å². The number of carboxylic acid groups (broad SMARTS) is 1. The zero-order valence-corrected chi connectivity index (χ0v) is 23.2. The standard InChI is InChI=1S/C32H36N4O3/c1-5-21-9-8-10-22(6-2)30(21)32(39)35-16-15-23-11-12-24(17-25(23)19-35)27(18-29(37)38)26-13-14-28-31(20(26)4)33-34-36(28)7-3/h8-14,17,27H,5-7,15-16,18-19H2,1-4H3,(H,37,38)/t27-/m0/s1.